The van der Waals surface area contributed by atoms with E-state index in [1.165, 1.54) is 43.2 Å². The Hall–Kier alpha value is -3.60. The number of pyridine rings is 1. The number of ether oxygens (including phenoxy) is 3. The first-order chi connectivity index (χ1) is 20.2. The van der Waals surface area contributed by atoms with Crippen molar-refractivity contribution in [3.05, 3.63) is 77.7 Å². The second kappa shape index (κ2) is 13.1. The molecule has 1 N–H and O–H groups in total. The third-order valence-corrected chi connectivity index (χ3v) is 8.73. The molecule has 1 aliphatic rings. The van der Waals surface area contributed by atoms with Gasteiger partial charge in [0.05, 0.1) is 29.8 Å². The van der Waals surface area contributed by atoms with Crippen LogP contribution in [0.15, 0.2) is 71.8 Å². The van der Waals surface area contributed by atoms with E-state index in [0.717, 1.165) is 38.0 Å². The number of methoxy groups -OCH3 is 1. The molecule has 8 nitrogen and oxygen atoms in total. The zero-order chi connectivity index (χ0) is 29.7. The van der Waals surface area contributed by atoms with Gasteiger partial charge in [0.2, 0.25) is 0 Å². The fourth-order valence-electron chi connectivity index (χ4n) is 5.06. The van der Waals surface area contributed by atoms with E-state index in [1.807, 2.05) is 0 Å². The number of sulfonamides is 1. The SMILES string of the molecule is COc1cc2c(Oc3ccc(NS(=O)(=O)c4cccc(Cl)c4)cc3F)ccnc2cc1OCCCN1CCCC(C)C1. The minimum absolute atomic E-state index is 0.0343. The topological polar surface area (TPSA) is 90.0 Å². The van der Waals surface area contributed by atoms with E-state index in [9.17, 15) is 8.42 Å². The molecule has 0 spiro atoms. The number of halogens is 2. The van der Waals surface area contributed by atoms with Gasteiger partial charge in [-0.3, -0.25) is 9.71 Å². The van der Waals surface area contributed by atoms with Gasteiger partial charge in [-0.15, -0.1) is 0 Å². The molecule has 11 heteroatoms. The van der Waals surface area contributed by atoms with Crippen molar-refractivity contribution in [3.63, 3.8) is 0 Å². The highest BCUT2D eigenvalue weighted by Gasteiger charge is 2.18. The maximum atomic E-state index is 15.1. The molecule has 1 fully saturated rings. The molecular formula is C31H33ClFN3O5S. The van der Waals surface area contributed by atoms with E-state index in [4.69, 9.17) is 25.8 Å². The van der Waals surface area contributed by atoms with Crippen molar-refractivity contribution >= 4 is 38.2 Å². The van der Waals surface area contributed by atoms with Crippen LogP contribution in [0.5, 0.6) is 23.0 Å². The number of benzene rings is 3. The molecule has 0 bridgehead atoms. The predicted octanol–water partition coefficient (Wildman–Crippen LogP) is 7.13. The second-order valence-electron chi connectivity index (χ2n) is 10.4. The maximum Gasteiger partial charge on any atom is 0.261 e. The lowest BCUT2D eigenvalue weighted by molar-refractivity contribution is 0.169. The average Bonchev–Trinajstić information content (AvgIpc) is 2.96. The van der Waals surface area contributed by atoms with E-state index >= 15 is 4.39 Å². The van der Waals surface area contributed by atoms with Crippen molar-refractivity contribution in [2.75, 3.05) is 38.1 Å². The van der Waals surface area contributed by atoms with Crippen LogP contribution in [-0.2, 0) is 10.0 Å². The number of fused-ring (bicyclic) bond motifs is 1. The van der Waals surface area contributed by atoms with Crippen LogP contribution in [0.4, 0.5) is 10.1 Å². The Bertz CT molecular complexity index is 1670. The first-order valence-electron chi connectivity index (χ1n) is 13.8. The Kier molecular flexibility index (Phi) is 9.35. The number of rotatable bonds is 11. The van der Waals surface area contributed by atoms with Crippen molar-refractivity contribution < 1.29 is 27.0 Å². The van der Waals surface area contributed by atoms with Crippen LogP contribution in [0, 0.1) is 11.7 Å². The summed E-state index contributed by atoms with van der Waals surface area (Å²) in [6, 6.07) is 14.8. The van der Waals surface area contributed by atoms with Crippen molar-refractivity contribution in [2.24, 2.45) is 5.92 Å². The van der Waals surface area contributed by atoms with E-state index in [0.29, 0.717) is 34.8 Å². The first kappa shape index (κ1) is 29.9. The van der Waals surface area contributed by atoms with Crippen LogP contribution in [-0.4, -0.2) is 51.7 Å². The van der Waals surface area contributed by atoms with Gasteiger partial charge in [-0.2, -0.15) is 0 Å². The molecule has 0 radical (unpaired) electrons. The Balaban J connectivity index is 1.28. The quantitative estimate of drug-likeness (QED) is 0.180. The fraction of sp³-hybridized carbons (Fsp3) is 0.323. The molecular weight excluding hydrogens is 581 g/mol. The molecule has 0 amide bonds. The van der Waals surface area contributed by atoms with Crippen LogP contribution >= 0.6 is 11.6 Å². The highest BCUT2D eigenvalue weighted by Crippen LogP contribution is 2.38. The number of nitrogens with zero attached hydrogens (tertiary/aromatic N) is 2. The molecule has 1 aromatic heterocycles. The Morgan fingerprint density at radius 2 is 1.93 bits per heavy atom. The number of hydrogen-bond donors (Lipinski definition) is 1. The van der Waals surface area contributed by atoms with Gasteiger partial charge >= 0.3 is 0 Å². The lowest BCUT2D eigenvalue weighted by atomic mass is 10.0. The number of piperidine rings is 1. The molecule has 42 heavy (non-hydrogen) atoms. The van der Waals surface area contributed by atoms with E-state index in [2.05, 4.69) is 21.5 Å². The summed E-state index contributed by atoms with van der Waals surface area (Å²) in [5, 5.41) is 0.879. The van der Waals surface area contributed by atoms with Crippen molar-refractivity contribution in [1.29, 1.82) is 0 Å². The van der Waals surface area contributed by atoms with Gasteiger partial charge in [-0.05, 0) is 74.2 Å². The van der Waals surface area contributed by atoms with Gasteiger partial charge in [0, 0.05) is 41.8 Å². The highest BCUT2D eigenvalue weighted by molar-refractivity contribution is 7.92. The zero-order valence-electron chi connectivity index (χ0n) is 23.5. The van der Waals surface area contributed by atoms with Gasteiger partial charge in [-0.1, -0.05) is 24.6 Å². The fourth-order valence-corrected chi connectivity index (χ4v) is 6.41. The highest BCUT2D eigenvalue weighted by atomic mass is 35.5. The Morgan fingerprint density at radius 1 is 1.07 bits per heavy atom. The number of likely N-dealkylation sites (tertiary alicyclic amines) is 1. The average molecular weight is 614 g/mol. The standard InChI is InChI=1S/C31H33ClFN3O5S/c1-21-6-4-13-36(20-21)14-5-15-40-31-19-27-25(18-30(31)39-2)28(11-12-34-27)41-29-10-9-23(17-26(29)33)35-42(37,38)24-8-3-7-22(32)16-24/h3,7-12,16-19,21,35H,4-6,13-15,20H2,1-2H3. The summed E-state index contributed by atoms with van der Waals surface area (Å²) in [6.45, 7) is 6.10. The molecule has 0 saturated carbocycles. The largest absolute Gasteiger partial charge is 0.493 e. The number of hydrogen-bond acceptors (Lipinski definition) is 7. The third-order valence-electron chi connectivity index (χ3n) is 7.11. The van der Waals surface area contributed by atoms with E-state index < -0.39 is 15.8 Å². The van der Waals surface area contributed by atoms with Gasteiger partial charge in [-0.25, -0.2) is 12.8 Å². The monoisotopic (exact) mass is 613 g/mol. The number of anilines is 1. The van der Waals surface area contributed by atoms with Crippen LogP contribution in [0.1, 0.15) is 26.2 Å². The van der Waals surface area contributed by atoms with E-state index in [-0.39, 0.29) is 21.4 Å². The zero-order valence-corrected chi connectivity index (χ0v) is 25.1. The first-order valence-corrected chi connectivity index (χ1v) is 15.7. The molecule has 1 unspecified atom stereocenters. The smallest absolute Gasteiger partial charge is 0.261 e. The van der Waals surface area contributed by atoms with Crippen LogP contribution in [0.25, 0.3) is 10.9 Å². The van der Waals surface area contributed by atoms with Gasteiger partial charge in [0.25, 0.3) is 10.0 Å². The minimum Gasteiger partial charge on any atom is -0.493 e. The number of nitrogens with one attached hydrogen (secondary N) is 1. The van der Waals surface area contributed by atoms with Gasteiger partial charge in [0.15, 0.2) is 23.1 Å². The normalized spacial score (nSPS) is 15.9. The summed E-state index contributed by atoms with van der Waals surface area (Å²) >= 11 is 5.92. The molecule has 1 aliphatic heterocycles. The number of aromatic nitrogens is 1. The van der Waals surface area contributed by atoms with Crippen molar-refractivity contribution in [1.82, 2.24) is 9.88 Å². The summed E-state index contributed by atoms with van der Waals surface area (Å²) in [4.78, 5) is 6.89. The lowest BCUT2D eigenvalue weighted by Crippen LogP contribution is -2.35. The molecule has 2 heterocycles. The molecule has 3 aromatic carbocycles. The molecule has 222 valence electrons. The minimum atomic E-state index is -3.96. The summed E-state index contributed by atoms with van der Waals surface area (Å²) in [5.41, 5.74) is 0.636. The third kappa shape index (κ3) is 7.24. The summed E-state index contributed by atoms with van der Waals surface area (Å²) < 4.78 is 60.4. The summed E-state index contributed by atoms with van der Waals surface area (Å²) in [6.07, 6.45) is 5.00. The predicted molar refractivity (Wildman–Crippen MR) is 162 cm³/mol. The second-order valence-corrected chi connectivity index (χ2v) is 12.5. The van der Waals surface area contributed by atoms with Gasteiger partial charge < -0.3 is 19.1 Å². The van der Waals surface area contributed by atoms with Crippen molar-refractivity contribution in [2.45, 2.75) is 31.1 Å². The molecule has 5 rings (SSSR count). The van der Waals surface area contributed by atoms with Gasteiger partial charge in [0.1, 0.15) is 5.75 Å². The Morgan fingerprint density at radius 3 is 2.69 bits per heavy atom. The summed E-state index contributed by atoms with van der Waals surface area (Å²) in [5.74, 6) is 1.35. The molecule has 1 atom stereocenters. The molecule has 1 saturated heterocycles. The van der Waals surface area contributed by atoms with Crippen LogP contribution in [0.3, 0.4) is 0 Å². The lowest BCUT2D eigenvalue weighted by Gasteiger charge is -2.30. The summed E-state index contributed by atoms with van der Waals surface area (Å²) in [7, 11) is -2.40. The van der Waals surface area contributed by atoms with Crippen LogP contribution in [0.2, 0.25) is 5.02 Å². The molecule has 4 aromatic rings. The van der Waals surface area contributed by atoms with Crippen LogP contribution < -0.4 is 18.9 Å². The maximum absolute atomic E-state index is 15.1. The Labute approximate surface area is 250 Å². The van der Waals surface area contributed by atoms with E-state index in [1.54, 1.807) is 37.6 Å². The van der Waals surface area contributed by atoms with Crippen molar-refractivity contribution in [3.8, 4) is 23.0 Å². The molecule has 0 aliphatic carbocycles.